The Labute approximate surface area is 223 Å². The molecule has 0 saturated heterocycles. The topological polar surface area (TPSA) is 86.3 Å². The van der Waals surface area contributed by atoms with E-state index >= 15 is 0 Å². The molecule has 7 heteroatoms. The van der Waals surface area contributed by atoms with Crippen LogP contribution in [0.5, 0.6) is 0 Å². The highest BCUT2D eigenvalue weighted by atomic mass is 32.1. The number of rotatable bonds is 7. The van der Waals surface area contributed by atoms with E-state index in [9.17, 15) is 9.59 Å². The van der Waals surface area contributed by atoms with Crippen molar-refractivity contribution in [3.05, 3.63) is 119 Å². The van der Waals surface area contributed by atoms with Gasteiger partial charge in [-0.05, 0) is 50.7 Å². The van der Waals surface area contributed by atoms with E-state index in [1.165, 1.54) is 11.3 Å². The maximum Gasteiger partial charge on any atom is 0.262 e. The molecule has 0 aliphatic carbocycles. The third-order valence-corrected chi connectivity index (χ3v) is 7.52. The summed E-state index contributed by atoms with van der Waals surface area (Å²) in [6.07, 6.45) is 3.89. The number of fused-ring (bicyclic) bond motifs is 3. The van der Waals surface area contributed by atoms with E-state index in [4.69, 9.17) is 0 Å². The van der Waals surface area contributed by atoms with Crippen LogP contribution in [0.15, 0.2) is 108 Å². The maximum absolute atomic E-state index is 13.4. The molecule has 0 spiro atoms. The Bertz CT molecular complexity index is 1750. The quantitative estimate of drug-likeness (QED) is 0.138. The molecule has 2 aromatic heterocycles. The molecule has 2 heterocycles. The van der Waals surface area contributed by atoms with Crippen molar-refractivity contribution in [2.24, 2.45) is 5.10 Å². The molecule has 0 fully saturated rings. The van der Waals surface area contributed by atoms with E-state index in [0.717, 1.165) is 43.6 Å². The van der Waals surface area contributed by atoms with Crippen LogP contribution in [-0.2, 0) is 11.2 Å². The fraction of sp³-hybridized carbons (Fsp3) is 0.0645. The number of hydrazone groups is 1. The predicted octanol–water partition coefficient (Wildman–Crippen LogP) is 6.03. The first-order chi connectivity index (χ1) is 18.7. The van der Waals surface area contributed by atoms with Gasteiger partial charge in [0, 0.05) is 29.1 Å². The van der Waals surface area contributed by atoms with E-state index in [1.807, 2.05) is 78.3 Å². The van der Waals surface area contributed by atoms with Gasteiger partial charge in [-0.25, -0.2) is 5.43 Å². The molecule has 38 heavy (non-hydrogen) atoms. The first-order valence-corrected chi connectivity index (χ1v) is 13.2. The van der Waals surface area contributed by atoms with Crippen molar-refractivity contribution in [1.82, 2.24) is 15.7 Å². The van der Waals surface area contributed by atoms with Gasteiger partial charge in [-0.3, -0.25) is 9.59 Å². The molecule has 186 valence electrons. The van der Waals surface area contributed by atoms with Crippen molar-refractivity contribution < 1.29 is 9.59 Å². The van der Waals surface area contributed by atoms with Crippen LogP contribution in [0.4, 0.5) is 0 Å². The van der Waals surface area contributed by atoms with Crippen molar-refractivity contribution in [2.75, 3.05) is 0 Å². The Balaban J connectivity index is 1.29. The van der Waals surface area contributed by atoms with Crippen molar-refractivity contribution in [3.8, 4) is 0 Å². The normalized spacial score (nSPS) is 12.3. The molecule has 1 atom stereocenters. The van der Waals surface area contributed by atoms with Gasteiger partial charge >= 0.3 is 0 Å². The second-order valence-electron chi connectivity index (χ2n) is 9.03. The van der Waals surface area contributed by atoms with E-state index in [0.29, 0.717) is 11.3 Å². The number of nitrogens with zero attached hydrogens (tertiary/aromatic N) is 1. The van der Waals surface area contributed by atoms with Gasteiger partial charge in [-0.1, -0.05) is 72.8 Å². The van der Waals surface area contributed by atoms with Crippen molar-refractivity contribution in [2.45, 2.75) is 12.5 Å². The number of H-pyrrole nitrogens is 1. The van der Waals surface area contributed by atoms with Crippen LogP contribution >= 0.6 is 11.3 Å². The van der Waals surface area contributed by atoms with Crippen LogP contribution in [0.2, 0.25) is 0 Å². The first kappa shape index (κ1) is 23.6. The summed E-state index contributed by atoms with van der Waals surface area (Å²) in [4.78, 5) is 30.0. The lowest BCUT2D eigenvalue weighted by Gasteiger charge is -2.16. The van der Waals surface area contributed by atoms with Crippen molar-refractivity contribution >= 4 is 61.8 Å². The van der Waals surface area contributed by atoms with Crippen LogP contribution in [-0.4, -0.2) is 29.1 Å². The smallest absolute Gasteiger partial charge is 0.262 e. The number of carbonyl (C=O) groups is 2. The average molecular weight is 517 g/mol. The minimum Gasteiger partial charge on any atom is -0.361 e. The zero-order chi connectivity index (χ0) is 25.9. The highest BCUT2D eigenvalue weighted by Crippen LogP contribution is 2.27. The van der Waals surface area contributed by atoms with E-state index in [1.54, 1.807) is 12.3 Å². The van der Waals surface area contributed by atoms with Crippen molar-refractivity contribution in [3.63, 3.8) is 0 Å². The molecular weight excluding hydrogens is 492 g/mol. The highest BCUT2D eigenvalue weighted by Gasteiger charge is 2.23. The van der Waals surface area contributed by atoms with Crippen LogP contribution in [0.3, 0.4) is 0 Å². The molecule has 0 saturated carbocycles. The zero-order valence-electron chi connectivity index (χ0n) is 20.3. The number of benzene rings is 4. The number of aromatic amines is 1. The lowest BCUT2D eigenvalue weighted by molar-refractivity contribution is -0.122. The second kappa shape index (κ2) is 10.3. The SMILES string of the molecule is O=C(NC(Cc1c[nH]c2ccccc12)C(=O)N/N=C/c1c2ccccc2cc2ccccc12)c1cccs1. The number of nitrogens with one attached hydrogen (secondary N) is 3. The summed E-state index contributed by atoms with van der Waals surface area (Å²) < 4.78 is 0. The van der Waals surface area contributed by atoms with E-state index in [2.05, 4.69) is 39.0 Å². The summed E-state index contributed by atoms with van der Waals surface area (Å²) in [6.45, 7) is 0. The van der Waals surface area contributed by atoms with Crippen LogP contribution in [0.1, 0.15) is 20.8 Å². The fourth-order valence-corrected chi connectivity index (χ4v) is 5.42. The standard InChI is InChI=1S/C31H24N4O2S/c36-30(35-33-19-26-23-10-3-1-8-20(23)16-21-9-2-4-11-24(21)26)28(34-31(37)29-14-7-15-38-29)17-22-18-32-27-13-6-5-12-25(22)27/h1-16,18-19,28,32H,17H2,(H,34,37)(H,35,36)/b33-19+. The minimum atomic E-state index is -0.815. The van der Waals surface area contributed by atoms with Gasteiger partial charge in [0.2, 0.25) is 0 Å². The maximum atomic E-state index is 13.4. The van der Waals surface area contributed by atoms with Gasteiger partial charge in [0.15, 0.2) is 0 Å². The Hall–Kier alpha value is -4.75. The van der Waals surface area contributed by atoms with E-state index < -0.39 is 6.04 Å². The number of hydrogen-bond acceptors (Lipinski definition) is 4. The van der Waals surface area contributed by atoms with E-state index in [-0.39, 0.29) is 11.8 Å². The Kier molecular flexibility index (Phi) is 6.42. The number of thiophene rings is 1. The highest BCUT2D eigenvalue weighted by molar-refractivity contribution is 7.12. The van der Waals surface area contributed by atoms with Gasteiger partial charge < -0.3 is 10.3 Å². The molecule has 0 aliphatic heterocycles. The van der Waals surface area contributed by atoms with Gasteiger partial charge in [-0.15, -0.1) is 11.3 Å². The summed E-state index contributed by atoms with van der Waals surface area (Å²) in [5.41, 5.74) is 5.53. The number of aromatic nitrogens is 1. The third-order valence-electron chi connectivity index (χ3n) is 6.65. The Morgan fingerprint density at radius 3 is 2.26 bits per heavy atom. The summed E-state index contributed by atoms with van der Waals surface area (Å²) in [7, 11) is 0. The molecule has 0 aliphatic rings. The summed E-state index contributed by atoms with van der Waals surface area (Å²) in [5, 5.41) is 14.4. The molecule has 0 bridgehead atoms. The molecule has 6 aromatic rings. The predicted molar refractivity (Wildman–Crippen MR) is 155 cm³/mol. The minimum absolute atomic E-state index is 0.288. The average Bonchev–Trinajstić information content (AvgIpc) is 3.63. The third kappa shape index (κ3) is 4.67. The van der Waals surface area contributed by atoms with Gasteiger partial charge in [0.25, 0.3) is 11.8 Å². The lowest BCUT2D eigenvalue weighted by Crippen LogP contribution is -2.46. The lowest BCUT2D eigenvalue weighted by atomic mass is 9.97. The van der Waals surface area contributed by atoms with Crippen LogP contribution in [0, 0.1) is 0 Å². The first-order valence-electron chi connectivity index (χ1n) is 12.3. The molecule has 6 rings (SSSR count). The molecule has 2 amide bonds. The van der Waals surface area contributed by atoms with Crippen LogP contribution < -0.4 is 10.7 Å². The summed E-state index contributed by atoms with van der Waals surface area (Å²) >= 11 is 1.33. The van der Waals surface area contributed by atoms with Gasteiger partial charge in [-0.2, -0.15) is 5.10 Å². The Morgan fingerprint density at radius 2 is 1.55 bits per heavy atom. The molecular formula is C31H24N4O2S. The number of amides is 2. The largest absolute Gasteiger partial charge is 0.361 e. The fourth-order valence-electron chi connectivity index (χ4n) is 4.79. The summed E-state index contributed by atoms with van der Waals surface area (Å²) in [6, 6.07) is 29.0. The number of hydrogen-bond donors (Lipinski definition) is 3. The number of para-hydroxylation sites is 1. The molecule has 4 aromatic carbocycles. The second-order valence-corrected chi connectivity index (χ2v) is 9.98. The monoisotopic (exact) mass is 516 g/mol. The molecule has 6 nitrogen and oxygen atoms in total. The van der Waals surface area contributed by atoms with Crippen molar-refractivity contribution in [1.29, 1.82) is 0 Å². The summed E-state index contributed by atoms with van der Waals surface area (Å²) in [5.74, 6) is -0.676. The molecule has 3 N–H and O–H groups in total. The molecule has 0 radical (unpaired) electrons. The van der Waals surface area contributed by atoms with Crippen LogP contribution in [0.25, 0.3) is 32.4 Å². The van der Waals surface area contributed by atoms with Gasteiger partial charge in [0.05, 0.1) is 11.1 Å². The zero-order valence-corrected chi connectivity index (χ0v) is 21.2. The van der Waals surface area contributed by atoms with Gasteiger partial charge in [0.1, 0.15) is 6.04 Å². The number of carbonyl (C=O) groups excluding carboxylic acids is 2. The molecule has 1 unspecified atom stereocenters. The Morgan fingerprint density at radius 1 is 0.868 bits per heavy atom.